The quantitative estimate of drug-likeness (QED) is 0.841. The SMILES string of the molecule is COc1ccc(CNC(=O)N(CCc2cccs2)C2CC2)cc1. The van der Waals surface area contributed by atoms with Crippen molar-refractivity contribution in [2.24, 2.45) is 0 Å². The molecule has 2 aromatic rings. The maximum atomic E-state index is 12.5. The van der Waals surface area contributed by atoms with Crippen LogP contribution < -0.4 is 10.1 Å². The van der Waals surface area contributed by atoms with Crippen molar-refractivity contribution in [2.75, 3.05) is 13.7 Å². The molecule has 0 saturated heterocycles. The minimum absolute atomic E-state index is 0.0416. The van der Waals surface area contributed by atoms with E-state index in [2.05, 4.69) is 22.8 Å². The third-order valence-electron chi connectivity index (χ3n) is 4.03. The monoisotopic (exact) mass is 330 g/mol. The van der Waals surface area contributed by atoms with Crippen LogP contribution in [0.15, 0.2) is 41.8 Å². The van der Waals surface area contributed by atoms with Gasteiger partial charge in [-0.25, -0.2) is 4.79 Å². The third kappa shape index (κ3) is 4.48. The molecule has 0 radical (unpaired) electrons. The second-order valence-electron chi connectivity index (χ2n) is 5.76. The van der Waals surface area contributed by atoms with Crippen molar-refractivity contribution < 1.29 is 9.53 Å². The lowest BCUT2D eigenvalue weighted by atomic mass is 10.2. The highest BCUT2D eigenvalue weighted by Gasteiger charge is 2.32. The normalized spacial score (nSPS) is 13.6. The number of amides is 2. The van der Waals surface area contributed by atoms with E-state index in [-0.39, 0.29) is 6.03 Å². The smallest absolute Gasteiger partial charge is 0.317 e. The average molecular weight is 330 g/mol. The molecular weight excluding hydrogens is 308 g/mol. The van der Waals surface area contributed by atoms with Gasteiger partial charge < -0.3 is 15.0 Å². The fourth-order valence-electron chi connectivity index (χ4n) is 2.54. The topological polar surface area (TPSA) is 41.6 Å². The molecule has 1 aromatic heterocycles. The zero-order chi connectivity index (χ0) is 16.1. The Labute approximate surface area is 141 Å². The van der Waals surface area contributed by atoms with Gasteiger partial charge in [-0.05, 0) is 48.4 Å². The van der Waals surface area contributed by atoms with Gasteiger partial charge in [0.1, 0.15) is 5.75 Å². The Morgan fingerprint density at radius 1 is 1.30 bits per heavy atom. The highest BCUT2D eigenvalue weighted by Crippen LogP contribution is 2.27. The minimum atomic E-state index is 0.0416. The van der Waals surface area contributed by atoms with Crippen molar-refractivity contribution in [3.8, 4) is 5.75 Å². The fourth-order valence-corrected chi connectivity index (χ4v) is 3.24. The molecule has 1 fully saturated rings. The summed E-state index contributed by atoms with van der Waals surface area (Å²) in [7, 11) is 1.65. The van der Waals surface area contributed by atoms with Gasteiger partial charge in [-0.3, -0.25) is 0 Å². The number of benzene rings is 1. The number of nitrogens with one attached hydrogen (secondary N) is 1. The number of hydrogen-bond acceptors (Lipinski definition) is 3. The molecule has 3 rings (SSSR count). The highest BCUT2D eigenvalue weighted by atomic mass is 32.1. The standard InChI is InChI=1S/C18H22N2O2S/c1-22-16-8-4-14(5-9-16)13-19-18(21)20(15-6-7-15)11-10-17-3-2-12-23-17/h2-5,8-9,12,15H,6-7,10-11,13H2,1H3,(H,19,21). The molecule has 5 heteroatoms. The van der Waals surface area contributed by atoms with Crippen LogP contribution in [-0.2, 0) is 13.0 Å². The number of ether oxygens (including phenoxy) is 1. The highest BCUT2D eigenvalue weighted by molar-refractivity contribution is 7.09. The Balaban J connectivity index is 1.51. The number of methoxy groups -OCH3 is 1. The van der Waals surface area contributed by atoms with Gasteiger partial charge in [0.2, 0.25) is 0 Å². The van der Waals surface area contributed by atoms with E-state index >= 15 is 0 Å². The predicted octanol–water partition coefficient (Wildman–Crippen LogP) is 3.67. The first-order chi connectivity index (χ1) is 11.3. The summed E-state index contributed by atoms with van der Waals surface area (Å²) < 4.78 is 5.15. The summed E-state index contributed by atoms with van der Waals surface area (Å²) in [5.41, 5.74) is 1.08. The average Bonchev–Trinajstić information content (AvgIpc) is 3.28. The molecule has 1 saturated carbocycles. The predicted molar refractivity (Wildman–Crippen MR) is 93.0 cm³/mol. The summed E-state index contributed by atoms with van der Waals surface area (Å²) in [6.07, 6.45) is 3.19. The molecule has 4 nitrogen and oxygen atoms in total. The van der Waals surface area contributed by atoms with Gasteiger partial charge in [0.05, 0.1) is 7.11 Å². The number of carbonyl (C=O) groups is 1. The molecule has 1 aliphatic carbocycles. The molecule has 0 spiro atoms. The van der Waals surface area contributed by atoms with E-state index in [0.717, 1.165) is 37.1 Å². The molecule has 0 unspecified atom stereocenters. The van der Waals surface area contributed by atoms with Crippen LogP contribution >= 0.6 is 11.3 Å². The summed E-state index contributed by atoms with van der Waals surface area (Å²) >= 11 is 1.75. The van der Waals surface area contributed by atoms with Crippen molar-refractivity contribution in [1.29, 1.82) is 0 Å². The van der Waals surface area contributed by atoms with Crippen molar-refractivity contribution >= 4 is 17.4 Å². The van der Waals surface area contributed by atoms with E-state index in [1.165, 1.54) is 4.88 Å². The van der Waals surface area contributed by atoms with E-state index in [9.17, 15) is 4.79 Å². The van der Waals surface area contributed by atoms with Crippen LogP contribution in [0.4, 0.5) is 4.79 Å². The first-order valence-corrected chi connectivity index (χ1v) is 8.84. The second-order valence-corrected chi connectivity index (χ2v) is 6.79. The summed E-state index contributed by atoms with van der Waals surface area (Å²) in [4.78, 5) is 15.8. The maximum absolute atomic E-state index is 12.5. The number of thiophene rings is 1. The van der Waals surface area contributed by atoms with Crippen LogP contribution in [-0.4, -0.2) is 30.6 Å². The molecule has 1 aromatic carbocycles. The molecule has 0 aliphatic heterocycles. The van der Waals surface area contributed by atoms with Gasteiger partial charge in [-0.15, -0.1) is 11.3 Å². The lowest BCUT2D eigenvalue weighted by molar-refractivity contribution is 0.195. The summed E-state index contributed by atoms with van der Waals surface area (Å²) in [5.74, 6) is 0.829. The second kappa shape index (κ2) is 7.51. The van der Waals surface area contributed by atoms with Crippen LogP contribution in [0.2, 0.25) is 0 Å². The summed E-state index contributed by atoms with van der Waals surface area (Å²) in [5, 5.41) is 5.12. The Bertz CT molecular complexity index is 621. The molecule has 0 atom stereocenters. The number of urea groups is 1. The van der Waals surface area contributed by atoms with Crippen LogP contribution in [0, 0.1) is 0 Å². The zero-order valence-corrected chi connectivity index (χ0v) is 14.1. The van der Waals surface area contributed by atoms with Gasteiger partial charge in [0.15, 0.2) is 0 Å². The molecule has 1 aliphatic rings. The lowest BCUT2D eigenvalue weighted by Crippen LogP contribution is -2.42. The summed E-state index contributed by atoms with van der Waals surface area (Å²) in [6.45, 7) is 1.34. The van der Waals surface area contributed by atoms with Gasteiger partial charge in [-0.1, -0.05) is 18.2 Å². The molecule has 2 amide bonds. The third-order valence-corrected chi connectivity index (χ3v) is 4.97. The minimum Gasteiger partial charge on any atom is -0.497 e. The fraction of sp³-hybridized carbons (Fsp3) is 0.389. The molecule has 0 bridgehead atoms. The van der Waals surface area contributed by atoms with Crippen molar-refractivity contribution in [1.82, 2.24) is 10.2 Å². The van der Waals surface area contributed by atoms with Crippen molar-refractivity contribution in [3.05, 3.63) is 52.2 Å². The van der Waals surface area contributed by atoms with E-state index in [1.54, 1.807) is 18.4 Å². The van der Waals surface area contributed by atoms with Gasteiger partial charge in [0.25, 0.3) is 0 Å². The summed E-state index contributed by atoms with van der Waals surface area (Å²) in [6, 6.07) is 12.4. The molecule has 23 heavy (non-hydrogen) atoms. The number of carbonyl (C=O) groups excluding carboxylic acids is 1. The largest absolute Gasteiger partial charge is 0.497 e. The van der Waals surface area contributed by atoms with Crippen LogP contribution in [0.1, 0.15) is 23.3 Å². The van der Waals surface area contributed by atoms with Gasteiger partial charge in [-0.2, -0.15) is 0 Å². The lowest BCUT2D eigenvalue weighted by Gasteiger charge is -2.22. The van der Waals surface area contributed by atoms with Crippen molar-refractivity contribution in [2.45, 2.75) is 31.8 Å². The molecule has 1 heterocycles. The Morgan fingerprint density at radius 3 is 2.70 bits per heavy atom. The first-order valence-electron chi connectivity index (χ1n) is 7.96. The Morgan fingerprint density at radius 2 is 2.09 bits per heavy atom. The van der Waals surface area contributed by atoms with E-state index in [1.807, 2.05) is 29.2 Å². The number of rotatable bonds is 7. The molecule has 122 valence electrons. The van der Waals surface area contributed by atoms with Gasteiger partial charge in [0, 0.05) is 24.0 Å². The Hall–Kier alpha value is -2.01. The maximum Gasteiger partial charge on any atom is 0.317 e. The zero-order valence-electron chi connectivity index (χ0n) is 13.3. The molecule has 1 N–H and O–H groups in total. The van der Waals surface area contributed by atoms with Crippen LogP contribution in [0.3, 0.4) is 0 Å². The number of hydrogen-bond donors (Lipinski definition) is 1. The van der Waals surface area contributed by atoms with Crippen molar-refractivity contribution in [3.63, 3.8) is 0 Å². The van der Waals surface area contributed by atoms with E-state index in [0.29, 0.717) is 12.6 Å². The molecular formula is C18H22N2O2S. The van der Waals surface area contributed by atoms with Crippen LogP contribution in [0.5, 0.6) is 5.75 Å². The van der Waals surface area contributed by atoms with E-state index in [4.69, 9.17) is 4.74 Å². The first kappa shape index (κ1) is 15.9. The van der Waals surface area contributed by atoms with E-state index < -0.39 is 0 Å². The van der Waals surface area contributed by atoms with Crippen LogP contribution in [0.25, 0.3) is 0 Å². The van der Waals surface area contributed by atoms with Gasteiger partial charge >= 0.3 is 6.03 Å². The number of nitrogens with zero attached hydrogens (tertiary/aromatic N) is 1. The Kier molecular flexibility index (Phi) is 5.18.